The molecule has 0 aliphatic carbocycles. The van der Waals surface area contributed by atoms with E-state index in [2.05, 4.69) is 53.4 Å². The minimum atomic E-state index is 0.115. The lowest BCUT2D eigenvalue weighted by molar-refractivity contribution is 0.0599. The molecule has 4 aromatic rings. The van der Waals surface area contributed by atoms with Gasteiger partial charge in [0.05, 0.1) is 6.04 Å². The first kappa shape index (κ1) is 20.7. The van der Waals surface area contributed by atoms with E-state index in [0.29, 0.717) is 13.1 Å². The Morgan fingerprint density at radius 3 is 2.06 bits per heavy atom. The fourth-order valence-corrected chi connectivity index (χ4v) is 4.79. The standard InChI is InChI=1S/C28H25ClN2O/c29-24-15-13-23(14-16-24)27(22-8-2-1-3-9-22)30-17-19-31(20-18-30)28(32)26-12-6-10-21-7-4-5-11-25(21)26/h1-16,27H,17-20H2. The summed E-state index contributed by atoms with van der Waals surface area (Å²) in [6, 6.07) is 32.9. The minimum absolute atomic E-state index is 0.115. The highest BCUT2D eigenvalue weighted by Gasteiger charge is 2.29. The van der Waals surface area contributed by atoms with Crippen molar-refractivity contribution in [3.05, 3.63) is 119 Å². The fourth-order valence-electron chi connectivity index (χ4n) is 4.66. The van der Waals surface area contributed by atoms with Gasteiger partial charge in [0, 0.05) is 36.8 Å². The summed E-state index contributed by atoms with van der Waals surface area (Å²) >= 11 is 6.14. The van der Waals surface area contributed by atoms with Crippen LogP contribution in [0.1, 0.15) is 27.5 Å². The Kier molecular flexibility index (Phi) is 5.93. The topological polar surface area (TPSA) is 23.6 Å². The number of fused-ring (bicyclic) bond motifs is 1. The van der Waals surface area contributed by atoms with Crippen LogP contribution in [0.25, 0.3) is 10.8 Å². The van der Waals surface area contributed by atoms with Crippen molar-refractivity contribution in [3.63, 3.8) is 0 Å². The molecule has 0 radical (unpaired) electrons. The Bertz CT molecular complexity index is 1210. The van der Waals surface area contributed by atoms with E-state index in [1.165, 1.54) is 11.1 Å². The second kappa shape index (κ2) is 9.15. The number of halogens is 1. The summed E-state index contributed by atoms with van der Waals surface area (Å²) in [7, 11) is 0. The molecule has 0 saturated carbocycles. The Morgan fingerprint density at radius 1 is 0.688 bits per heavy atom. The summed E-state index contributed by atoms with van der Waals surface area (Å²) in [4.78, 5) is 17.8. The average molecular weight is 441 g/mol. The van der Waals surface area contributed by atoms with Crippen LogP contribution in [0.2, 0.25) is 5.02 Å². The Labute approximate surface area is 193 Å². The molecule has 1 atom stereocenters. The molecule has 1 unspecified atom stereocenters. The Morgan fingerprint density at radius 2 is 1.31 bits per heavy atom. The van der Waals surface area contributed by atoms with Gasteiger partial charge in [-0.1, -0.05) is 90.5 Å². The van der Waals surface area contributed by atoms with Crippen molar-refractivity contribution < 1.29 is 4.79 Å². The molecular weight excluding hydrogens is 416 g/mol. The van der Waals surface area contributed by atoms with E-state index in [4.69, 9.17) is 11.6 Å². The fraction of sp³-hybridized carbons (Fsp3) is 0.179. The van der Waals surface area contributed by atoms with E-state index < -0.39 is 0 Å². The van der Waals surface area contributed by atoms with Gasteiger partial charge in [0.1, 0.15) is 0 Å². The van der Waals surface area contributed by atoms with E-state index in [1.807, 2.05) is 53.4 Å². The third-order valence-corrected chi connectivity index (χ3v) is 6.54. The van der Waals surface area contributed by atoms with Gasteiger partial charge in [0.2, 0.25) is 0 Å². The molecule has 0 spiro atoms. The van der Waals surface area contributed by atoms with Gasteiger partial charge in [-0.2, -0.15) is 0 Å². The molecule has 0 N–H and O–H groups in total. The minimum Gasteiger partial charge on any atom is -0.336 e. The summed E-state index contributed by atoms with van der Waals surface area (Å²) in [5, 5.41) is 2.86. The van der Waals surface area contributed by atoms with E-state index in [9.17, 15) is 4.79 Å². The number of amides is 1. The molecule has 1 heterocycles. The van der Waals surface area contributed by atoms with E-state index in [-0.39, 0.29) is 11.9 Å². The van der Waals surface area contributed by atoms with Crippen LogP contribution in [0.5, 0.6) is 0 Å². The first-order chi connectivity index (χ1) is 15.7. The predicted octanol–water partition coefficient (Wildman–Crippen LogP) is 6.04. The smallest absolute Gasteiger partial charge is 0.254 e. The summed E-state index contributed by atoms with van der Waals surface area (Å²) in [6.45, 7) is 3.05. The van der Waals surface area contributed by atoms with Gasteiger partial charge < -0.3 is 4.90 Å². The summed E-state index contributed by atoms with van der Waals surface area (Å²) in [5.41, 5.74) is 3.26. The van der Waals surface area contributed by atoms with Gasteiger partial charge in [-0.05, 0) is 40.1 Å². The Balaban J connectivity index is 1.37. The van der Waals surface area contributed by atoms with Crippen molar-refractivity contribution in [1.29, 1.82) is 0 Å². The molecule has 1 aliphatic rings. The predicted molar refractivity (Wildman–Crippen MR) is 131 cm³/mol. The van der Waals surface area contributed by atoms with Crippen LogP contribution >= 0.6 is 11.6 Å². The number of hydrogen-bond acceptors (Lipinski definition) is 2. The molecule has 1 fully saturated rings. The lowest BCUT2D eigenvalue weighted by Crippen LogP contribution is -2.49. The molecule has 5 rings (SSSR count). The first-order valence-electron chi connectivity index (χ1n) is 11.0. The molecule has 1 aliphatic heterocycles. The van der Waals surface area contributed by atoms with Crippen molar-refractivity contribution in [1.82, 2.24) is 9.80 Å². The zero-order valence-corrected chi connectivity index (χ0v) is 18.6. The van der Waals surface area contributed by atoms with Gasteiger partial charge in [-0.3, -0.25) is 9.69 Å². The van der Waals surface area contributed by atoms with Crippen molar-refractivity contribution >= 4 is 28.3 Å². The number of carbonyl (C=O) groups is 1. The molecule has 0 aromatic heterocycles. The molecule has 3 nitrogen and oxygen atoms in total. The van der Waals surface area contributed by atoms with Crippen LogP contribution < -0.4 is 0 Å². The van der Waals surface area contributed by atoms with Crippen LogP contribution in [-0.2, 0) is 0 Å². The second-order valence-corrected chi connectivity index (χ2v) is 8.66. The number of nitrogens with zero attached hydrogens (tertiary/aromatic N) is 2. The van der Waals surface area contributed by atoms with E-state index in [1.54, 1.807) is 0 Å². The third-order valence-electron chi connectivity index (χ3n) is 6.29. The first-order valence-corrected chi connectivity index (χ1v) is 11.4. The van der Waals surface area contributed by atoms with Gasteiger partial charge in [-0.25, -0.2) is 0 Å². The van der Waals surface area contributed by atoms with Crippen LogP contribution in [0, 0.1) is 0 Å². The number of benzene rings is 4. The molecule has 32 heavy (non-hydrogen) atoms. The lowest BCUT2D eigenvalue weighted by Gasteiger charge is -2.40. The summed E-state index contributed by atoms with van der Waals surface area (Å²) < 4.78 is 0. The zero-order valence-electron chi connectivity index (χ0n) is 17.8. The zero-order chi connectivity index (χ0) is 21.9. The summed E-state index contributed by atoms with van der Waals surface area (Å²) in [5.74, 6) is 0.115. The SMILES string of the molecule is O=C(c1cccc2ccccc12)N1CCN(C(c2ccccc2)c2ccc(Cl)cc2)CC1. The van der Waals surface area contributed by atoms with Gasteiger partial charge in [0.25, 0.3) is 5.91 Å². The monoisotopic (exact) mass is 440 g/mol. The number of rotatable bonds is 4. The van der Waals surface area contributed by atoms with E-state index in [0.717, 1.165) is 34.4 Å². The van der Waals surface area contributed by atoms with Crippen molar-refractivity contribution in [3.8, 4) is 0 Å². The largest absolute Gasteiger partial charge is 0.336 e. The van der Waals surface area contributed by atoms with Crippen LogP contribution in [-0.4, -0.2) is 41.9 Å². The van der Waals surface area contributed by atoms with Gasteiger partial charge in [-0.15, -0.1) is 0 Å². The van der Waals surface area contributed by atoms with Crippen LogP contribution in [0.4, 0.5) is 0 Å². The maximum Gasteiger partial charge on any atom is 0.254 e. The Hall–Kier alpha value is -3.14. The van der Waals surface area contributed by atoms with Crippen molar-refractivity contribution in [2.75, 3.05) is 26.2 Å². The van der Waals surface area contributed by atoms with Crippen molar-refractivity contribution in [2.45, 2.75) is 6.04 Å². The second-order valence-electron chi connectivity index (χ2n) is 8.22. The highest BCUT2D eigenvalue weighted by Crippen LogP contribution is 2.31. The van der Waals surface area contributed by atoms with E-state index >= 15 is 0 Å². The van der Waals surface area contributed by atoms with Crippen LogP contribution in [0.3, 0.4) is 0 Å². The molecule has 1 amide bonds. The molecule has 160 valence electrons. The number of hydrogen-bond donors (Lipinski definition) is 0. The molecule has 1 saturated heterocycles. The molecular formula is C28H25ClN2O. The maximum atomic E-state index is 13.4. The number of piperazine rings is 1. The highest BCUT2D eigenvalue weighted by molar-refractivity contribution is 6.30. The third kappa shape index (κ3) is 4.14. The summed E-state index contributed by atoms with van der Waals surface area (Å²) in [6.07, 6.45) is 0. The van der Waals surface area contributed by atoms with Crippen LogP contribution in [0.15, 0.2) is 97.1 Å². The lowest BCUT2D eigenvalue weighted by atomic mass is 9.96. The van der Waals surface area contributed by atoms with Crippen molar-refractivity contribution in [2.24, 2.45) is 0 Å². The maximum absolute atomic E-state index is 13.4. The average Bonchev–Trinajstić information content (AvgIpc) is 2.86. The molecule has 0 bridgehead atoms. The molecule has 4 aromatic carbocycles. The quantitative estimate of drug-likeness (QED) is 0.386. The molecule has 4 heteroatoms. The van der Waals surface area contributed by atoms with Gasteiger partial charge in [0.15, 0.2) is 0 Å². The normalized spacial score (nSPS) is 15.6. The highest BCUT2D eigenvalue weighted by atomic mass is 35.5. The number of carbonyl (C=O) groups excluding carboxylic acids is 1. The van der Waals surface area contributed by atoms with Gasteiger partial charge >= 0.3 is 0 Å².